The Hall–Kier alpha value is -4.14. The van der Waals surface area contributed by atoms with E-state index in [4.69, 9.17) is 15.5 Å². The van der Waals surface area contributed by atoms with Crippen LogP contribution in [0.5, 0.6) is 11.5 Å². The highest BCUT2D eigenvalue weighted by molar-refractivity contribution is 6.16. The van der Waals surface area contributed by atoms with Gasteiger partial charge in [0.05, 0.1) is 17.0 Å². The third-order valence-corrected chi connectivity index (χ3v) is 7.88. The highest BCUT2D eigenvalue weighted by atomic mass is 19.1. The van der Waals surface area contributed by atoms with E-state index in [9.17, 15) is 9.18 Å². The molecule has 0 bridgehead atoms. The molecule has 2 aromatic carbocycles. The lowest BCUT2D eigenvalue weighted by Gasteiger charge is -2.17. The zero-order valence-corrected chi connectivity index (χ0v) is 20.0. The molecule has 2 aliphatic carbocycles. The summed E-state index contributed by atoms with van der Waals surface area (Å²) in [5.74, 6) is -0.0651. The molecule has 4 atom stereocenters. The number of carbonyl (C=O) groups excluding carboxylic acids is 1. The normalized spacial score (nSPS) is 25.5. The van der Waals surface area contributed by atoms with Crippen molar-refractivity contribution >= 4 is 17.4 Å². The molecule has 4 unspecified atom stereocenters. The number of nitrogens with one attached hydrogen (secondary N) is 1. The molecule has 7 nitrogen and oxygen atoms in total. The van der Waals surface area contributed by atoms with Gasteiger partial charge in [0.15, 0.2) is 0 Å². The number of anilines is 1. The number of nitrogens with zero attached hydrogens (tertiary/aromatic N) is 3. The molecule has 6 rings (SSSR count). The number of halogens is 2. The zero-order valence-electron chi connectivity index (χ0n) is 20.0. The van der Waals surface area contributed by atoms with Crippen molar-refractivity contribution in [2.75, 3.05) is 12.3 Å². The predicted octanol–water partition coefficient (Wildman–Crippen LogP) is 4.53. The van der Waals surface area contributed by atoms with Crippen molar-refractivity contribution in [3.63, 3.8) is 0 Å². The second-order valence-corrected chi connectivity index (χ2v) is 9.88. The van der Waals surface area contributed by atoms with Gasteiger partial charge in [0.25, 0.3) is 0 Å². The van der Waals surface area contributed by atoms with Gasteiger partial charge >= 0.3 is 0 Å². The second kappa shape index (κ2) is 8.76. The third kappa shape index (κ3) is 3.94. The van der Waals surface area contributed by atoms with Gasteiger partial charge < -0.3 is 15.8 Å². The molecular weight excluding hydrogens is 476 g/mol. The number of rotatable bonds is 5. The number of hydrogen-bond acceptors (Lipinski definition) is 6. The summed E-state index contributed by atoms with van der Waals surface area (Å²) in [5, 5.41) is 3.02. The van der Waals surface area contributed by atoms with Crippen molar-refractivity contribution in [1.82, 2.24) is 15.3 Å². The van der Waals surface area contributed by atoms with Gasteiger partial charge in [-0.15, -0.1) is 0 Å². The Kier molecular flexibility index (Phi) is 5.51. The van der Waals surface area contributed by atoms with Crippen LogP contribution in [0.3, 0.4) is 0 Å². The van der Waals surface area contributed by atoms with Gasteiger partial charge in [-0.3, -0.25) is 9.79 Å². The number of ether oxygens (including phenoxy) is 1. The van der Waals surface area contributed by atoms with Gasteiger partial charge in [-0.2, -0.15) is 0 Å². The van der Waals surface area contributed by atoms with Crippen LogP contribution in [-0.2, 0) is 4.79 Å². The molecule has 2 saturated carbocycles. The Morgan fingerprint density at radius 2 is 2.03 bits per heavy atom. The molecule has 0 saturated heterocycles. The lowest BCUT2D eigenvalue weighted by molar-refractivity contribution is -0.117. The van der Waals surface area contributed by atoms with E-state index in [0.717, 1.165) is 25.0 Å². The van der Waals surface area contributed by atoms with Crippen LogP contribution < -0.4 is 15.8 Å². The molecule has 188 valence electrons. The van der Waals surface area contributed by atoms with Crippen molar-refractivity contribution in [2.24, 2.45) is 16.3 Å². The second-order valence-electron chi connectivity index (χ2n) is 9.88. The van der Waals surface area contributed by atoms with Crippen LogP contribution in [0, 0.1) is 23.0 Å². The lowest BCUT2D eigenvalue weighted by Crippen LogP contribution is -2.31. The maximum absolute atomic E-state index is 15.4. The minimum atomic E-state index is -0.541. The largest absolute Gasteiger partial charge is 0.457 e. The van der Waals surface area contributed by atoms with Crippen LogP contribution in [0.15, 0.2) is 66.4 Å². The lowest BCUT2D eigenvalue weighted by atomic mass is 9.93. The molecule has 3 N–H and O–H groups in total. The molecule has 37 heavy (non-hydrogen) atoms. The van der Waals surface area contributed by atoms with Crippen molar-refractivity contribution in [3.8, 4) is 11.5 Å². The van der Waals surface area contributed by atoms with Crippen LogP contribution in [0.25, 0.3) is 0 Å². The van der Waals surface area contributed by atoms with E-state index in [1.165, 1.54) is 36.7 Å². The Morgan fingerprint density at radius 3 is 2.81 bits per heavy atom. The zero-order chi connectivity index (χ0) is 25.7. The first-order valence-corrected chi connectivity index (χ1v) is 12.2. The summed E-state index contributed by atoms with van der Waals surface area (Å²) in [6, 6.07) is 10.2. The SMILES string of the molecule is C=CC(=O)NC1CCC2(C1)C1CN=C(c3ccc(Oc4cccc(F)c4)cc3F)c3c(N)ncnc3C12. The van der Waals surface area contributed by atoms with Gasteiger partial charge in [-0.25, -0.2) is 18.7 Å². The van der Waals surface area contributed by atoms with Crippen LogP contribution in [0.1, 0.15) is 42.0 Å². The van der Waals surface area contributed by atoms with Crippen LogP contribution in [0.2, 0.25) is 0 Å². The maximum atomic E-state index is 15.4. The van der Waals surface area contributed by atoms with Gasteiger partial charge in [-0.1, -0.05) is 12.6 Å². The number of nitrogens with two attached hydrogens (primary N) is 1. The minimum Gasteiger partial charge on any atom is -0.457 e. The molecule has 3 aliphatic rings. The van der Waals surface area contributed by atoms with E-state index in [2.05, 4.69) is 21.9 Å². The molecule has 1 amide bonds. The average Bonchev–Trinajstić information content (AvgIpc) is 3.35. The topological polar surface area (TPSA) is 102 Å². The fourth-order valence-corrected chi connectivity index (χ4v) is 6.23. The first kappa shape index (κ1) is 23.3. The Morgan fingerprint density at radius 1 is 1.19 bits per heavy atom. The predicted molar refractivity (Wildman–Crippen MR) is 134 cm³/mol. The summed E-state index contributed by atoms with van der Waals surface area (Å²) < 4.78 is 34.5. The van der Waals surface area contributed by atoms with Crippen molar-refractivity contribution in [1.29, 1.82) is 0 Å². The van der Waals surface area contributed by atoms with E-state index in [0.29, 0.717) is 17.8 Å². The van der Waals surface area contributed by atoms with Gasteiger partial charge in [0, 0.05) is 36.2 Å². The number of aliphatic imine (C=N–C) groups is 1. The van der Waals surface area contributed by atoms with Gasteiger partial charge in [0.1, 0.15) is 35.3 Å². The first-order valence-electron chi connectivity index (χ1n) is 12.2. The molecular formula is C28H25F2N5O2. The quantitative estimate of drug-likeness (QED) is 0.500. The van der Waals surface area contributed by atoms with E-state index < -0.39 is 11.6 Å². The highest BCUT2D eigenvalue weighted by Gasteiger charge is 2.68. The van der Waals surface area contributed by atoms with E-state index >= 15 is 4.39 Å². The van der Waals surface area contributed by atoms with E-state index in [1.54, 1.807) is 18.2 Å². The molecule has 2 heterocycles. The summed E-state index contributed by atoms with van der Waals surface area (Å²) in [5.41, 5.74) is 8.34. The summed E-state index contributed by atoms with van der Waals surface area (Å²) in [7, 11) is 0. The molecule has 0 radical (unpaired) electrons. The van der Waals surface area contributed by atoms with Crippen molar-refractivity contribution in [3.05, 3.63) is 89.9 Å². The number of hydrogen-bond donors (Lipinski definition) is 2. The standard InChI is InChI=1S/C28H25F2N5O2/c1-2-22(36)35-16-8-9-28(12-16)20-13-32-25(23-26(24(20)28)33-14-34-27(23)31)19-7-6-18(11-21(19)30)37-17-5-3-4-15(29)10-17/h2-7,10-11,14,16,20,24H,1,8-9,12-13H2,(H,35,36)(H2,31,33,34). The smallest absolute Gasteiger partial charge is 0.243 e. The molecule has 1 spiro atoms. The minimum absolute atomic E-state index is 0.0229. The maximum Gasteiger partial charge on any atom is 0.243 e. The summed E-state index contributed by atoms with van der Waals surface area (Å²) in [6.45, 7) is 4.04. The fraction of sp³-hybridized carbons (Fsp3) is 0.286. The summed E-state index contributed by atoms with van der Waals surface area (Å²) >= 11 is 0. The summed E-state index contributed by atoms with van der Waals surface area (Å²) in [6.07, 6.45) is 5.38. The van der Waals surface area contributed by atoms with Gasteiger partial charge in [-0.05, 0) is 60.9 Å². The van der Waals surface area contributed by atoms with Crippen molar-refractivity contribution < 1.29 is 18.3 Å². The monoisotopic (exact) mass is 501 g/mol. The van der Waals surface area contributed by atoms with Crippen LogP contribution in [0.4, 0.5) is 14.6 Å². The fourth-order valence-electron chi connectivity index (χ4n) is 6.23. The molecule has 3 aromatic rings. The Labute approximate surface area is 212 Å². The number of nitrogen functional groups attached to an aromatic ring is 1. The Bertz CT molecular complexity index is 1460. The average molecular weight is 502 g/mol. The van der Waals surface area contributed by atoms with E-state index in [1.807, 2.05) is 0 Å². The Balaban J connectivity index is 1.31. The van der Waals surface area contributed by atoms with E-state index in [-0.39, 0.29) is 52.1 Å². The van der Waals surface area contributed by atoms with Crippen LogP contribution in [-0.4, -0.2) is 34.2 Å². The van der Waals surface area contributed by atoms with Crippen LogP contribution >= 0.6 is 0 Å². The molecule has 1 aromatic heterocycles. The van der Waals surface area contributed by atoms with Crippen molar-refractivity contribution in [2.45, 2.75) is 31.2 Å². The first-order chi connectivity index (χ1) is 17.9. The van der Waals surface area contributed by atoms with Gasteiger partial charge in [0.2, 0.25) is 5.91 Å². The number of fused-ring (bicyclic) bond motifs is 5. The molecule has 2 fully saturated rings. The number of benzene rings is 2. The molecule has 1 aliphatic heterocycles. The third-order valence-electron chi connectivity index (χ3n) is 7.88. The highest BCUT2D eigenvalue weighted by Crippen LogP contribution is 2.73. The summed E-state index contributed by atoms with van der Waals surface area (Å²) in [4.78, 5) is 25.5. The number of amides is 1. The molecule has 9 heteroatoms. The number of carbonyl (C=O) groups is 1. The number of aromatic nitrogens is 2.